The molecule has 140 valence electrons. The van der Waals surface area contributed by atoms with Gasteiger partial charge in [0, 0.05) is 36.3 Å². The number of carbonyl (C=O) groups is 1. The van der Waals surface area contributed by atoms with Gasteiger partial charge in [0.25, 0.3) is 5.91 Å². The normalized spacial score (nSPS) is 11.7. The summed E-state index contributed by atoms with van der Waals surface area (Å²) in [5, 5.41) is 4.18. The Morgan fingerprint density at radius 2 is 1.89 bits per heavy atom. The van der Waals surface area contributed by atoms with Gasteiger partial charge in [-0.1, -0.05) is 17.7 Å². The highest BCUT2D eigenvalue weighted by atomic mass is 35.5. The molecular formula is C19H18ClN3O3S. The van der Waals surface area contributed by atoms with E-state index in [0.29, 0.717) is 16.2 Å². The fourth-order valence-corrected chi connectivity index (χ4v) is 3.75. The van der Waals surface area contributed by atoms with Crippen molar-refractivity contribution < 1.29 is 13.2 Å². The zero-order valence-corrected chi connectivity index (χ0v) is 16.6. The highest BCUT2D eigenvalue weighted by Gasteiger charge is 2.19. The van der Waals surface area contributed by atoms with E-state index in [1.807, 2.05) is 6.92 Å². The summed E-state index contributed by atoms with van der Waals surface area (Å²) in [5.74, 6) is -0.411. The third-order valence-corrected chi connectivity index (χ3v) is 6.44. The maximum absolute atomic E-state index is 12.7. The summed E-state index contributed by atoms with van der Waals surface area (Å²) in [4.78, 5) is 17.1. The lowest BCUT2D eigenvalue weighted by atomic mass is 10.1. The van der Waals surface area contributed by atoms with Crippen LogP contribution in [0.1, 0.15) is 15.9 Å². The number of pyridine rings is 1. The van der Waals surface area contributed by atoms with E-state index >= 15 is 0 Å². The molecule has 1 heterocycles. The van der Waals surface area contributed by atoms with Gasteiger partial charge in [0.15, 0.2) is 0 Å². The molecular weight excluding hydrogens is 386 g/mol. The smallest absolute Gasteiger partial charge is 0.255 e. The van der Waals surface area contributed by atoms with Crippen LogP contribution in [-0.2, 0) is 10.0 Å². The van der Waals surface area contributed by atoms with Crippen LogP contribution in [-0.4, -0.2) is 37.7 Å². The Balaban J connectivity index is 1.98. The number of amides is 1. The molecule has 0 aliphatic carbocycles. The quantitative estimate of drug-likeness (QED) is 0.720. The van der Waals surface area contributed by atoms with E-state index in [4.69, 9.17) is 11.6 Å². The molecule has 0 aliphatic rings. The van der Waals surface area contributed by atoms with Gasteiger partial charge < -0.3 is 5.32 Å². The summed E-state index contributed by atoms with van der Waals surface area (Å²) in [6, 6.07) is 11.2. The van der Waals surface area contributed by atoms with Gasteiger partial charge in [0.05, 0.1) is 16.1 Å². The molecule has 0 saturated carbocycles. The topological polar surface area (TPSA) is 79.4 Å². The minimum Gasteiger partial charge on any atom is -0.321 e. The third kappa shape index (κ3) is 3.66. The van der Waals surface area contributed by atoms with Crippen LogP contribution in [0.4, 0.5) is 5.69 Å². The molecule has 27 heavy (non-hydrogen) atoms. The predicted octanol–water partition coefficient (Wildman–Crippen LogP) is 3.70. The highest BCUT2D eigenvalue weighted by Crippen LogP contribution is 2.29. The number of sulfonamides is 1. The van der Waals surface area contributed by atoms with Crippen molar-refractivity contribution >= 4 is 44.1 Å². The fraction of sp³-hybridized carbons (Fsp3) is 0.158. The first-order valence-electron chi connectivity index (χ1n) is 8.09. The number of benzene rings is 2. The van der Waals surface area contributed by atoms with Crippen molar-refractivity contribution in [2.75, 3.05) is 19.4 Å². The average molecular weight is 404 g/mol. The summed E-state index contributed by atoms with van der Waals surface area (Å²) in [5.41, 5.74) is 2.34. The van der Waals surface area contributed by atoms with Crippen molar-refractivity contribution in [1.29, 1.82) is 0 Å². The Bertz CT molecular complexity index is 1140. The van der Waals surface area contributed by atoms with Gasteiger partial charge in [0.1, 0.15) is 0 Å². The maximum atomic E-state index is 12.7. The number of halogens is 1. The minimum atomic E-state index is -3.62. The second-order valence-electron chi connectivity index (χ2n) is 6.20. The molecule has 0 aliphatic heterocycles. The van der Waals surface area contributed by atoms with E-state index < -0.39 is 15.9 Å². The molecule has 0 bridgehead atoms. The second-order valence-corrected chi connectivity index (χ2v) is 8.76. The zero-order valence-electron chi connectivity index (χ0n) is 15.0. The standard InChI is InChI=1S/C19H18ClN3O3S/c1-12-16(20)8-7-15-17(9-10-21-18(12)15)22-19(24)13-5-4-6-14(11-13)27(25,26)23(2)3/h4-11H,1-3H3,(H,21,22,24). The largest absolute Gasteiger partial charge is 0.321 e. The summed E-state index contributed by atoms with van der Waals surface area (Å²) >= 11 is 6.14. The molecule has 1 aromatic heterocycles. The first-order valence-corrected chi connectivity index (χ1v) is 9.91. The molecule has 0 unspecified atom stereocenters. The van der Waals surface area contributed by atoms with Crippen LogP contribution in [0.3, 0.4) is 0 Å². The number of aromatic nitrogens is 1. The second kappa shape index (κ2) is 7.26. The van der Waals surface area contributed by atoms with Crippen LogP contribution < -0.4 is 5.32 Å². The summed E-state index contributed by atoms with van der Waals surface area (Å²) < 4.78 is 25.7. The predicted molar refractivity (Wildman–Crippen MR) is 107 cm³/mol. The van der Waals surface area contributed by atoms with Crippen LogP contribution in [0, 0.1) is 6.92 Å². The van der Waals surface area contributed by atoms with Gasteiger partial charge in [-0.05, 0) is 48.9 Å². The molecule has 0 saturated heterocycles. The zero-order chi connectivity index (χ0) is 19.8. The number of fused-ring (bicyclic) bond motifs is 1. The van der Waals surface area contributed by atoms with E-state index in [-0.39, 0.29) is 10.5 Å². The van der Waals surface area contributed by atoms with Crippen LogP contribution in [0.25, 0.3) is 10.9 Å². The Morgan fingerprint density at radius 1 is 1.15 bits per heavy atom. The molecule has 1 N–H and O–H groups in total. The number of hydrogen-bond acceptors (Lipinski definition) is 4. The van der Waals surface area contributed by atoms with Crippen LogP contribution in [0.15, 0.2) is 53.6 Å². The van der Waals surface area contributed by atoms with Crippen molar-refractivity contribution in [1.82, 2.24) is 9.29 Å². The third-order valence-electron chi connectivity index (χ3n) is 4.22. The van der Waals surface area contributed by atoms with Crippen LogP contribution in [0.5, 0.6) is 0 Å². The van der Waals surface area contributed by atoms with Crippen molar-refractivity contribution in [2.24, 2.45) is 0 Å². The van der Waals surface area contributed by atoms with Gasteiger partial charge in [-0.15, -0.1) is 0 Å². The lowest BCUT2D eigenvalue weighted by Gasteiger charge is -2.13. The number of rotatable bonds is 4. The van der Waals surface area contributed by atoms with E-state index in [9.17, 15) is 13.2 Å². The summed E-state index contributed by atoms with van der Waals surface area (Å²) in [7, 11) is -0.736. The Hall–Kier alpha value is -2.48. The van der Waals surface area contributed by atoms with Crippen LogP contribution >= 0.6 is 11.6 Å². The summed E-state index contributed by atoms with van der Waals surface area (Å²) in [6.45, 7) is 1.86. The summed E-state index contributed by atoms with van der Waals surface area (Å²) in [6.07, 6.45) is 1.59. The van der Waals surface area contributed by atoms with Crippen molar-refractivity contribution in [3.63, 3.8) is 0 Å². The number of hydrogen-bond donors (Lipinski definition) is 1. The van der Waals surface area contributed by atoms with Crippen molar-refractivity contribution in [2.45, 2.75) is 11.8 Å². The lowest BCUT2D eigenvalue weighted by molar-refractivity contribution is 0.102. The SMILES string of the molecule is Cc1c(Cl)ccc2c(NC(=O)c3cccc(S(=O)(=O)N(C)C)c3)ccnc12. The molecule has 0 radical (unpaired) electrons. The molecule has 0 atom stereocenters. The molecule has 3 aromatic rings. The maximum Gasteiger partial charge on any atom is 0.255 e. The number of nitrogens with one attached hydrogen (secondary N) is 1. The number of anilines is 1. The highest BCUT2D eigenvalue weighted by molar-refractivity contribution is 7.89. The Morgan fingerprint density at radius 3 is 2.59 bits per heavy atom. The van der Waals surface area contributed by atoms with Crippen molar-refractivity contribution in [3.05, 3.63) is 64.8 Å². The van der Waals surface area contributed by atoms with Gasteiger partial charge in [-0.3, -0.25) is 9.78 Å². The number of aryl methyl sites for hydroxylation is 1. The monoisotopic (exact) mass is 403 g/mol. The molecule has 1 amide bonds. The van der Waals surface area contributed by atoms with Gasteiger partial charge in [-0.25, -0.2) is 12.7 Å². The first-order chi connectivity index (χ1) is 12.7. The molecule has 3 rings (SSSR count). The Labute approximate surface area is 162 Å². The molecule has 6 nitrogen and oxygen atoms in total. The fourth-order valence-electron chi connectivity index (χ4n) is 2.65. The molecule has 0 fully saturated rings. The lowest BCUT2D eigenvalue weighted by Crippen LogP contribution is -2.22. The average Bonchev–Trinajstić information content (AvgIpc) is 2.65. The number of nitrogens with zero attached hydrogens (tertiary/aromatic N) is 2. The number of carbonyl (C=O) groups excluding carboxylic acids is 1. The van der Waals surface area contributed by atoms with Gasteiger partial charge >= 0.3 is 0 Å². The molecule has 0 spiro atoms. The Kier molecular flexibility index (Phi) is 5.19. The first kappa shape index (κ1) is 19.3. The van der Waals surface area contributed by atoms with E-state index in [1.54, 1.807) is 36.5 Å². The van der Waals surface area contributed by atoms with Gasteiger partial charge in [-0.2, -0.15) is 0 Å². The van der Waals surface area contributed by atoms with Crippen molar-refractivity contribution in [3.8, 4) is 0 Å². The van der Waals surface area contributed by atoms with Crippen LogP contribution in [0.2, 0.25) is 5.02 Å². The van der Waals surface area contributed by atoms with Gasteiger partial charge in [0.2, 0.25) is 10.0 Å². The minimum absolute atomic E-state index is 0.0577. The van der Waals surface area contributed by atoms with E-state index in [0.717, 1.165) is 15.3 Å². The van der Waals surface area contributed by atoms with E-state index in [2.05, 4.69) is 10.3 Å². The molecule has 2 aromatic carbocycles. The van der Waals surface area contributed by atoms with E-state index in [1.165, 1.54) is 26.2 Å². The molecule has 8 heteroatoms.